The summed E-state index contributed by atoms with van der Waals surface area (Å²) < 4.78 is 31.7. The highest BCUT2D eigenvalue weighted by Gasteiger charge is 2.28. The second-order valence-corrected chi connectivity index (χ2v) is 7.22. The number of nitrogens with zero attached hydrogens (tertiary/aromatic N) is 3. The summed E-state index contributed by atoms with van der Waals surface area (Å²) in [5.41, 5.74) is 0.981. The van der Waals surface area contributed by atoms with Crippen LogP contribution in [0.3, 0.4) is 0 Å². The quantitative estimate of drug-likeness (QED) is 0.643. The number of aromatic nitrogens is 2. The summed E-state index contributed by atoms with van der Waals surface area (Å²) in [6.45, 7) is 0.962. The number of anilines is 1. The van der Waals surface area contributed by atoms with E-state index in [2.05, 4.69) is 15.5 Å². The van der Waals surface area contributed by atoms with Crippen LogP contribution < -0.4 is 5.32 Å². The van der Waals surface area contributed by atoms with Gasteiger partial charge in [-0.15, -0.1) is 0 Å². The van der Waals surface area contributed by atoms with Crippen LogP contribution in [0.5, 0.6) is 0 Å². The van der Waals surface area contributed by atoms with E-state index in [1.54, 1.807) is 17.0 Å². The molecular formula is C20H17ClF2N4O2. The molecule has 0 bridgehead atoms. The van der Waals surface area contributed by atoms with Gasteiger partial charge in [-0.2, -0.15) is 4.98 Å². The molecule has 1 N–H and O–H groups in total. The maximum absolute atomic E-state index is 13.3. The number of hydrogen-bond donors (Lipinski definition) is 1. The molecule has 1 aliphatic heterocycles. The fourth-order valence-electron chi connectivity index (χ4n) is 3.25. The Bertz CT molecular complexity index is 1030. The predicted octanol–water partition coefficient (Wildman–Crippen LogP) is 5.08. The average Bonchev–Trinajstić information content (AvgIpc) is 3.21. The standard InChI is InChI=1S/C20H17ClF2N4O2/c21-14-3-1-2-13(10-14)18-25-19(29-26-18)12-6-8-27(9-7-12)20(28)24-15-4-5-16(22)17(23)11-15/h1-5,10-12H,6-9H2,(H,24,28). The second-order valence-electron chi connectivity index (χ2n) is 6.79. The van der Waals surface area contributed by atoms with E-state index < -0.39 is 11.6 Å². The first-order valence-electron chi connectivity index (χ1n) is 9.10. The van der Waals surface area contributed by atoms with Gasteiger partial charge in [-0.1, -0.05) is 28.9 Å². The van der Waals surface area contributed by atoms with Crippen molar-refractivity contribution in [1.29, 1.82) is 0 Å². The molecule has 0 saturated carbocycles. The minimum absolute atomic E-state index is 0.0442. The van der Waals surface area contributed by atoms with Gasteiger partial charge in [0.15, 0.2) is 11.6 Å². The lowest BCUT2D eigenvalue weighted by Crippen LogP contribution is -2.40. The van der Waals surface area contributed by atoms with Crippen molar-refractivity contribution in [3.63, 3.8) is 0 Å². The molecular weight excluding hydrogens is 402 g/mol. The first-order chi connectivity index (χ1) is 14.0. The van der Waals surface area contributed by atoms with Crippen LogP contribution in [0.15, 0.2) is 47.0 Å². The van der Waals surface area contributed by atoms with Crippen molar-refractivity contribution in [2.24, 2.45) is 0 Å². The fraction of sp³-hybridized carbons (Fsp3) is 0.250. The zero-order chi connectivity index (χ0) is 20.4. The normalized spacial score (nSPS) is 14.8. The summed E-state index contributed by atoms with van der Waals surface area (Å²) in [6, 6.07) is 10.1. The van der Waals surface area contributed by atoms with E-state index in [1.807, 2.05) is 12.1 Å². The number of nitrogens with one attached hydrogen (secondary N) is 1. The molecule has 4 rings (SSSR count). The number of benzene rings is 2. The van der Waals surface area contributed by atoms with E-state index in [0.29, 0.717) is 42.7 Å². The van der Waals surface area contributed by atoms with Gasteiger partial charge in [0.2, 0.25) is 11.7 Å². The van der Waals surface area contributed by atoms with Gasteiger partial charge < -0.3 is 14.7 Å². The van der Waals surface area contributed by atoms with Crippen molar-refractivity contribution in [2.75, 3.05) is 18.4 Å². The molecule has 1 aliphatic rings. The van der Waals surface area contributed by atoms with E-state index in [4.69, 9.17) is 16.1 Å². The van der Waals surface area contributed by atoms with E-state index in [-0.39, 0.29) is 17.6 Å². The molecule has 9 heteroatoms. The van der Waals surface area contributed by atoms with Gasteiger partial charge in [-0.25, -0.2) is 13.6 Å². The molecule has 0 radical (unpaired) electrons. The third-order valence-corrected chi connectivity index (χ3v) is 5.06. The van der Waals surface area contributed by atoms with Crippen molar-refractivity contribution < 1.29 is 18.1 Å². The number of piperidine rings is 1. The molecule has 0 spiro atoms. The molecule has 0 atom stereocenters. The molecule has 0 unspecified atom stereocenters. The number of carbonyl (C=O) groups is 1. The van der Waals surface area contributed by atoms with Crippen LogP contribution in [0.1, 0.15) is 24.7 Å². The topological polar surface area (TPSA) is 71.3 Å². The predicted molar refractivity (Wildman–Crippen MR) is 104 cm³/mol. The zero-order valence-electron chi connectivity index (χ0n) is 15.2. The van der Waals surface area contributed by atoms with Crippen LogP contribution in [0.25, 0.3) is 11.4 Å². The van der Waals surface area contributed by atoms with E-state index >= 15 is 0 Å². The Kier molecular flexibility index (Phi) is 5.44. The van der Waals surface area contributed by atoms with Crippen LogP contribution in [0, 0.1) is 11.6 Å². The molecule has 150 valence electrons. The third-order valence-electron chi connectivity index (χ3n) is 4.83. The highest BCUT2D eigenvalue weighted by atomic mass is 35.5. The van der Waals surface area contributed by atoms with Gasteiger partial charge in [0.1, 0.15) is 0 Å². The molecule has 1 saturated heterocycles. The van der Waals surface area contributed by atoms with Crippen LogP contribution in [0.2, 0.25) is 5.02 Å². The lowest BCUT2D eigenvalue weighted by Gasteiger charge is -2.30. The minimum atomic E-state index is -1.01. The molecule has 2 aromatic carbocycles. The molecule has 6 nitrogen and oxygen atoms in total. The number of rotatable bonds is 3. The Labute approximate surface area is 170 Å². The molecule has 2 amide bonds. The number of halogens is 3. The summed E-state index contributed by atoms with van der Waals surface area (Å²) in [6.07, 6.45) is 1.31. The second kappa shape index (κ2) is 8.16. The largest absolute Gasteiger partial charge is 0.339 e. The van der Waals surface area contributed by atoms with Crippen molar-refractivity contribution in [2.45, 2.75) is 18.8 Å². The molecule has 2 heterocycles. The summed E-state index contributed by atoms with van der Waals surface area (Å²) in [4.78, 5) is 18.4. The summed E-state index contributed by atoms with van der Waals surface area (Å²) in [5, 5.41) is 7.20. The third kappa shape index (κ3) is 4.37. The van der Waals surface area contributed by atoms with Crippen LogP contribution in [-0.2, 0) is 0 Å². The van der Waals surface area contributed by atoms with Gasteiger partial charge in [-0.05, 0) is 37.1 Å². The number of hydrogen-bond acceptors (Lipinski definition) is 4. The van der Waals surface area contributed by atoms with Crippen molar-refractivity contribution >= 4 is 23.3 Å². The Balaban J connectivity index is 1.35. The first kappa shape index (κ1) is 19.3. The number of urea groups is 1. The maximum atomic E-state index is 13.3. The Morgan fingerprint density at radius 3 is 2.66 bits per heavy atom. The highest BCUT2D eigenvalue weighted by molar-refractivity contribution is 6.30. The fourth-order valence-corrected chi connectivity index (χ4v) is 3.44. The first-order valence-corrected chi connectivity index (χ1v) is 9.48. The molecule has 1 fully saturated rings. The Morgan fingerprint density at radius 1 is 1.14 bits per heavy atom. The maximum Gasteiger partial charge on any atom is 0.321 e. The Morgan fingerprint density at radius 2 is 1.93 bits per heavy atom. The van der Waals surface area contributed by atoms with Crippen molar-refractivity contribution in [1.82, 2.24) is 15.0 Å². The smallest absolute Gasteiger partial charge is 0.321 e. The Hall–Kier alpha value is -3.00. The van der Waals surface area contributed by atoms with Crippen LogP contribution in [0.4, 0.5) is 19.3 Å². The van der Waals surface area contributed by atoms with Gasteiger partial charge in [0.05, 0.1) is 0 Å². The van der Waals surface area contributed by atoms with Crippen LogP contribution >= 0.6 is 11.6 Å². The van der Waals surface area contributed by atoms with E-state index in [9.17, 15) is 13.6 Å². The molecule has 29 heavy (non-hydrogen) atoms. The molecule has 1 aromatic heterocycles. The average molecular weight is 419 g/mol. The van der Waals surface area contributed by atoms with Crippen molar-refractivity contribution in [3.8, 4) is 11.4 Å². The summed E-state index contributed by atoms with van der Waals surface area (Å²) in [7, 11) is 0. The van der Waals surface area contributed by atoms with Gasteiger partial charge in [0, 0.05) is 41.3 Å². The summed E-state index contributed by atoms with van der Waals surface area (Å²) >= 11 is 6.00. The zero-order valence-corrected chi connectivity index (χ0v) is 16.0. The SMILES string of the molecule is O=C(Nc1ccc(F)c(F)c1)N1CCC(c2nc(-c3cccc(Cl)c3)no2)CC1. The monoisotopic (exact) mass is 418 g/mol. The van der Waals surface area contributed by atoms with Crippen LogP contribution in [-0.4, -0.2) is 34.2 Å². The lowest BCUT2D eigenvalue weighted by molar-refractivity contribution is 0.187. The van der Waals surface area contributed by atoms with E-state index in [0.717, 1.165) is 17.7 Å². The van der Waals surface area contributed by atoms with Gasteiger partial charge >= 0.3 is 6.03 Å². The molecule has 3 aromatic rings. The summed E-state index contributed by atoms with van der Waals surface area (Å²) in [5.74, 6) is -0.918. The van der Waals surface area contributed by atoms with Gasteiger partial charge in [0.25, 0.3) is 0 Å². The highest BCUT2D eigenvalue weighted by Crippen LogP contribution is 2.29. The van der Waals surface area contributed by atoms with Crippen molar-refractivity contribution in [3.05, 3.63) is 65.0 Å². The molecule has 0 aliphatic carbocycles. The van der Waals surface area contributed by atoms with Gasteiger partial charge in [-0.3, -0.25) is 0 Å². The minimum Gasteiger partial charge on any atom is -0.339 e. The number of amides is 2. The number of carbonyl (C=O) groups excluding carboxylic acids is 1. The van der Waals surface area contributed by atoms with E-state index in [1.165, 1.54) is 6.07 Å². The lowest BCUT2D eigenvalue weighted by atomic mass is 9.97. The number of likely N-dealkylation sites (tertiary alicyclic amines) is 1.